The van der Waals surface area contributed by atoms with Crippen LogP contribution in [-0.2, 0) is 24.1 Å². The number of carboxylic acids is 1. The molecular weight excluding hydrogens is 464 g/mol. The lowest BCUT2D eigenvalue weighted by atomic mass is 10.0. The number of allylic oxidation sites excluding steroid dienone is 1. The first kappa shape index (κ1) is 25.1. The first-order chi connectivity index (χ1) is 17.7. The van der Waals surface area contributed by atoms with E-state index in [2.05, 4.69) is 80.0 Å². The fraction of sp³-hybridized carbons (Fsp3) is 0.433. The van der Waals surface area contributed by atoms with Crippen molar-refractivity contribution in [2.75, 3.05) is 0 Å². The van der Waals surface area contributed by atoms with E-state index in [0.717, 1.165) is 69.8 Å². The number of hydrogen-bond acceptors (Lipinski definition) is 3. The van der Waals surface area contributed by atoms with Gasteiger partial charge in [0.25, 0.3) is 0 Å². The van der Waals surface area contributed by atoms with Crippen LogP contribution in [0.4, 0.5) is 0 Å². The molecule has 0 aliphatic carbocycles. The number of carbonyl (C=O) groups is 1. The van der Waals surface area contributed by atoms with Crippen LogP contribution >= 0.6 is 0 Å². The number of rotatable bonds is 5. The second kappa shape index (κ2) is 9.69. The molecule has 7 nitrogen and oxygen atoms in total. The highest BCUT2D eigenvalue weighted by Crippen LogP contribution is 2.35. The highest BCUT2D eigenvalue weighted by atomic mass is 16.5. The third-order valence-electron chi connectivity index (χ3n) is 8.14. The van der Waals surface area contributed by atoms with Crippen LogP contribution in [0.3, 0.4) is 0 Å². The molecule has 7 heteroatoms. The van der Waals surface area contributed by atoms with Gasteiger partial charge in [-0.2, -0.15) is 0 Å². The minimum atomic E-state index is -0.782. The van der Waals surface area contributed by atoms with Gasteiger partial charge in [-0.1, -0.05) is 20.8 Å². The Kier molecular flexibility index (Phi) is 6.56. The Balaban J connectivity index is 1.76. The van der Waals surface area contributed by atoms with Crippen molar-refractivity contribution in [2.45, 2.75) is 79.7 Å². The summed E-state index contributed by atoms with van der Waals surface area (Å²) in [6, 6.07) is 0.158. The molecule has 0 radical (unpaired) electrons. The molecule has 5 heterocycles. The molecule has 3 aromatic rings. The Morgan fingerprint density at radius 1 is 0.919 bits per heavy atom. The van der Waals surface area contributed by atoms with E-state index in [1.165, 1.54) is 22.4 Å². The highest BCUT2D eigenvalue weighted by molar-refractivity contribution is 5.67. The van der Waals surface area contributed by atoms with E-state index < -0.39 is 5.97 Å². The number of aromatic amines is 3. The minimum absolute atomic E-state index is 0.104. The lowest BCUT2D eigenvalue weighted by Crippen LogP contribution is -2.23. The summed E-state index contributed by atoms with van der Waals surface area (Å²) in [4.78, 5) is 22.1. The van der Waals surface area contributed by atoms with E-state index in [9.17, 15) is 9.90 Å². The number of nitrogens with one attached hydrogen (secondary N) is 4. The predicted molar refractivity (Wildman–Crippen MR) is 147 cm³/mol. The van der Waals surface area contributed by atoms with E-state index >= 15 is 0 Å². The standard InChI is InChI=1S/C30H38N4O3/c1-7-20-18(6)29-34-27(20)14-24-17(5)22(9-10-28(35)36)26(32-24)12-19-11-15(3)23(31-19)13-25-16(4)21(8-2)30(33-25)37-29/h12-15,19,31-34H,7-11H2,1-6H3,(H,35,36)/b23-13-,24-14-,26-12-. The van der Waals surface area contributed by atoms with Gasteiger partial charge in [0.1, 0.15) is 0 Å². The molecule has 5 N–H and O–H groups in total. The third kappa shape index (κ3) is 4.52. The van der Waals surface area contributed by atoms with Gasteiger partial charge in [0.2, 0.25) is 11.8 Å². The van der Waals surface area contributed by atoms with Crippen LogP contribution in [-0.4, -0.2) is 32.1 Å². The second-order valence-corrected chi connectivity index (χ2v) is 10.5. The van der Waals surface area contributed by atoms with E-state index in [1.54, 1.807) is 0 Å². The molecular formula is C30H38N4O3. The van der Waals surface area contributed by atoms with Crippen molar-refractivity contribution < 1.29 is 14.6 Å². The van der Waals surface area contributed by atoms with Crippen LogP contribution in [0.2, 0.25) is 0 Å². The van der Waals surface area contributed by atoms with E-state index in [4.69, 9.17) is 4.74 Å². The summed E-state index contributed by atoms with van der Waals surface area (Å²) in [5.74, 6) is 1.13. The molecule has 2 unspecified atom stereocenters. The molecule has 0 saturated carbocycles. The van der Waals surface area contributed by atoms with Crippen LogP contribution in [0.15, 0.2) is 5.70 Å². The SMILES string of the molecule is CCc1c2[nH]c(c1C)Oc1[nH]c(c(C)c1CC)/C=C1\NC(/C=c3\[nH]/c(c(C)c3CCC(=O)O)=C\2)CC1C. The van der Waals surface area contributed by atoms with Gasteiger partial charge in [0, 0.05) is 51.4 Å². The summed E-state index contributed by atoms with van der Waals surface area (Å²) in [7, 11) is 0. The molecule has 0 spiro atoms. The molecule has 3 aromatic heterocycles. The quantitative estimate of drug-likeness (QED) is 0.354. The topological polar surface area (TPSA) is 106 Å². The first-order valence-electron chi connectivity index (χ1n) is 13.4. The Morgan fingerprint density at radius 3 is 2.35 bits per heavy atom. The normalized spacial score (nSPS) is 21.7. The summed E-state index contributed by atoms with van der Waals surface area (Å²) >= 11 is 0. The summed E-state index contributed by atoms with van der Waals surface area (Å²) in [5.41, 5.74) is 10.2. The number of fused-ring (bicyclic) bond motifs is 8. The molecule has 0 amide bonds. The smallest absolute Gasteiger partial charge is 0.303 e. The zero-order chi connectivity index (χ0) is 26.4. The van der Waals surface area contributed by atoms with Crippen LogP contribution < -0.4 is 20.8 Å². The van der Waals surface area contributed by atoms with Crippen molar-refractivity contribution in [3.05, 3.63) is 61.2 Å². The molecule has 0 aromatic carbocycles. The number of hydrogen-bond donors (Lipinski definition) is 5. The average molecular weight is 503 g/mol. The lowest BCUT2D eigenvalue weighted by Gasteiger charge is -2.07. The molecule has 2 aliphatic rings. The van der Waals surface area contributed by atoms with Crippen molar-refractivity contribution in [1.29, 1.82) is 0 Å². The maximum absolute atomic E-state index is 11.4. The average Bonchev–Trinajstić information content (AvgIpc) is 3.52. The monoisotopic (exact) mass is 502 g/mol. The predicted octanol–water partition coefficient (Wildman–Crippen LogP) is 4.49. The van der Waals surface area contributed by atoms with Gasteiger partial charge in [-0.05, 0) is 92.9 Å². The summed E-state index contributed by atoms with van der Waals surface area (Å²) in [6.45, 7) is 12.9. The maximum atomic E-state index is 11.4. The summed E-state index contributed by atoms with van der Waals surface area (Å²) < 4.78 is 6.52. The van der Waals surface area contributed by atoms with Gasteiger partial charge in [0.15, 0.2) is 0 Å². The van der Waals surface area contributed by atoms with Crippen LogP contribution in [0.1, 0.15) is 78.4 Å². The van der Waals surface area contributed by atoms with Gasteiger partial charge >= 0.3 is 5.97 Å². The van der Waals surface area contributed by atoms with Gasteiger partial charge < -0.3 is 30.1 Å². The van der Waals surface area contributed by atoms with Crippen molar-refractivity contribution in [1.82, 2.24) is 20.3 Å². The zero-order valence-corrected chi connectivity index (χ0v) is 22.7. The minimum Gasteiger partial charge on any atom is -0.481 e. The van der Waals surface area contributed by atoms with Crippen molar-refractivity contribution in [2.24, 2.45) is 5.92 Å². The molecule has 1 fully saturated rings. The zero-order valence-electron chi connectivity index (χ0n) is 22.7. The molecule has 8 bridgehead atoms. The number of carboxylic acid groups (broad SMARTS) is 1. The van der Waals surface area contributed by atoms with Crippen LogP contribution in [0.25, 0.3) is 18.2 Å². The molecule has 37 heavy (non-hydrogen) atoms. The molecule has 2 aliphatic heterocycles. The summed E-state index contributed by atoms with van der Waals surface area (Å²) in [6.07, 6.45) is 9.92. The molecule has 1 saturated heterocycles. The number of ether oxygens (including phenoxy) is 1. The second-order valence-electron chi connectivity index (χ2n) is 10.5. The van der Waals surface area contributed by atoms with E-state index in [0.29, 0.717) is 12.3 Å². The van der Waals surface area contributed by atoms with Gasteiger partial charge in [0.05, 0.1) is 0 Å². The Morgan fingerprint density at radius 2 is 1.65 bits per heavy atom. The van der Waals surface area contributed by atoms with Crippen molar-refractivity contribution in [3.8, 4) is 11.8 Å². The lowest BCUT2D eigenvalue weighted by molar-refractivity contribution is -0.136. The molecule has 2 atom stereocenters. The van der Waals surface area contributed by atoms with E-state index in [-0.39, 0.29) is 12.5 Å². The number of H-pyrrole nitrogens is 3. The highest BCUT2D eigenvalue weighted by Gasteiger charge is 2.26. The van der Waals surface area contributed by atoms with Crippen LogP contribution in [0, 0.1) is 26.7 Å². The Bertz CT molecular complexity index is 1510. The maximum Gasteiger partial charge on any atom is 0.303 e. The largest absolute Gasteiger partial charge is 0.481 e. The van der Waals surface area contributed by atoms with Gasteiger partial charge in [-0.3, -0.25) is 4.79 Å². The Labute approximate surface area is 217 Å². The summed E-state index contributed by atoms with van der Waals surface area (Å²) in [5, 5.41) is 15.1. The Hall–Kier alpha value is -3.61. The van der Waals surface area contributed by atoms with Gasteiger partial charge in [-0.25, -0.2) is 0 Å². The molecule has 196 valence electrons. The first-order valence-corrected chi connectivity index (χ1v) is 13.4. The van der Waals surface area contributed by atoms with Gasteiger partial charge in [-0.15, -0.1) is 0 Å². The van der Waals surface area contributed by atoms with E-state index in [1.807, 2.05) is 0 Å². The number of aliphatic carboxylic acids is 1. The van der Waals surface area contributed by atoms with Crippen molar-refractivity contribution in [3.63, 3.8) is 0 Å². The fourth-order valence-electron chi connectivity index (χ4n) is 5.93. The third-order valence-corrected chi connectivity index (χ3v) is 8.14. The van der Waals surface area contributed by atoms with Crippen LogP contribution in [0.5, 0.6) is 11.8 Å². The molecule has 5 rings (SSSR count). The fourth-order valence-corrected chi connectivity index (χ4v) is 5.93. The van der Waals surface area contributed by atoms with Crippen molar-refractivity contribution >= 4 is 24.2 Å². The number of aromatic nitrogens is 3.